The number of nitrogens with one attached hydrogen (secondary N) is 2. The quantitative estimate of drug-likeness (QED) is 0.669. The van der Waals surface area contributed by atoms with E-state index >= 15 is 0 Å². The number of anilines is 2. The van der Waals surface area contributed by atoms with Crippen LogP contribution in [0.2, 0.25) is 0 Å². The van der Waals surface area contributed by atoms with Gasteiger partial charge in [-0.1, -0.05) is 42.0 Å². The highest BCUT2D eigenvalue weighted by Crippen LogP contribution is 2.21. The first-order valence-electron chi connectivity index (χ1n) is 7.79. The summed E-state index contributed by atoms with van der Waals surface area (Å²) in [4.78, 5) is 20.6. The first kappa shape index (κ1) is 17.1. The summed E-state index contributed by atoms with van der Waals surface area (Å²) in [5, 5.41) is 6.04. The van der Waals surface area contributed by atoms with E-state index in [0.717, 1.165) is 10.0 Å². The molecule has 1 amide bonds. The van der Waals surface area contributed by atoms with Crippen LogP contribution in [0.1, 0.15) is 21.6 Å². The molecule has 0 spiro atoms. The van der Waals surface area contributed by atoms with Gasteiger partial charge in [0.25, 0.3) is 5.91 Å². The maximum Gasteiger partial charge on any atom is 0.274 e. The van der Waals surface area contributed by atoms with Crippen LogP contribution in [-0.4, -0.2) is 15.9 Å². The van der Waals surface area contributed by atoms with E-state index in [4.69, 9.17) is 0 Å². The Morgan fingerprint density at radius 3 is 2.60 bits per heavy atom. The average Bonchev–Trinajstić information content (AvgIpc) is 2.63. The molecule has 0 aliphatic carbocycles. The van der Waals surface area contributed by atoms with Crippen molar-refractivity contribution < 1.29 is 4.79 Å². The standard InChI is InChI=1S/C19H17BrN4O/c1-13-6-8-14(9-7-13)11-21-18-10-17(22-12-23-18)19(25)24-16-5-3-2-4-15(16)20/h2-10,12H,11H2,1H3,(H,24,25)(H,21,22,23). The number of hydrogen-bond donors (Lipinski definition) is 2. The minimum atomic E-state index is -0.285. The third-order valence-corrected chi connectivity index (χ3v) is 4.31. The second-order valence-electron chi connectivity index (χ2n) is 5.56. The largest absolute Gasteiger partial charge is 0.366 e. The predicted octanol–water partition coefficient (Wildman–Crippen LogP) is 4.41. The number of benzene rings is 2. The van der Waals surface area contributed by atoms with Gasteiger partial charge < -0.3 is 10.6 Å². The molecule has 6 heteroatoms. The molecule has 0 bridgehead atoms. The van der Waals surface area contributed by atoms with Crippen molar-refractivity contribution >= 4 is 33.3 Å². The zero-order valence-corrected chi connectivity index (χ0v) is 15.2. The molecule has 1 aromatic heterocycles. The lowest BCUT2D eigenvalue weighted by Crippen LogP contribution is -2.15. The molecule has 0 radical (unpaired) electrons. The van der Waals surface area contributed by atoms with Crippen molar-refractivity contribution in [3.8, 4) is 0 Å². The molecule has 126 valence electrons. The number of hydrogen-bond acceptors (Lipinski definition) is 4. The molecule has 3 aromatic rings. The van der Waals surface area contributed by atoms with Gasteiger partial charge in [0.15, 0.2) is 0 Å². The SMILES string of the molecule is Cc1ccc(CNc2cc(C(=O)Nc3ccccc3Br)ncn2)cc1. The van der Waals surface area contributed by atoms with Crippen LogP contribution in [0.25, 0.3) is 0 Å². The normalized spacial score (nSPS) is 10.3. The minimum Gasteiger partial charge on any atom is -0.366 e. The summed E-state index contributed by atoms with van der Waals surface area (Å²) >= 11 is 3.41. The lowest BCUT2D eigenvalue weighted by molar-refractivity contribution is 0.102. The number of carbonyl (C=O) groups excluding carboxylic acids is 1. The summed E-state index contributed by atoms with van der Waals surface area (Å²) in [6, 6.07) is 17.3. The highest BCUT2D eigenvalue weighted by Gasteiger charge is 2.10. The van der Waals surface area contributed by atoms with Gasteiger partial charge in [-0.15, -0.1) is 0 Å². The van der Waals surface area contributed by atoms with Crippen LogP contribution in [0.15, 0.2) is 65.4 Å². The summed E-state index contributed by atoms with van der Waals surface area (Å²) in [6.07, 6.45) is 1.38. The molecular formula is C19H17BrN4O. The van der Waals surface area contributed by atoms with E-state index in [1.165, 1.54) is 11.9 Å². The molecule has 2 N–H and O–H groups in total. The molecule has 0 aliphatic rings. The first-order valence-corrected chi connectivity index (χ1v) is 8.58. The predicted molar refractivity (Wildman–Crippen MR) is 103 cm³/mol. The van der Waals surface area contributed by atoms with Crippen LogP contribution in [0.5, 0.6) is 0 Å². The van der Waals surface area contributed by atoms with Gasteiger partial charge in [0.2, 0.25) is 0 Å². The van der Waals surface area contributed by atoms with Crippen LogP contribution in [0.3, 0.4) is 0 Å². The van der Waals surface area contributed by atoms with Crippen molar-refractivity contribution in [3.63, 3.8) is 0 Å². The van der Waals surface area contributed by atoms with Crippen molar-refractivity contribution in [2.75, 3.05) is 10.6 Å². The second kappa shape index (κ2) is 7.90. The Hall–Kier alpha value is -2.73. The molecule has 0 unspecified atom stereocenters. The van der Waals surface area contributed by atoms with Gasteiger partial charge in [0.05, 0.1) is 5.69 Å². The highest BCUT2D eigenvalue weighted by atomic mass is 79.9. The van der Waals surface area contributed by atoms with Crippen LogP contribution in [-0.2, 0) is 6.54 Å². The average molecular weight is 397 g/mol. The number of nitrogens with zero attached hydrogens (tertiary/aromatic N) is 2. The van der Waals surface area contributed by atoms with Crippen LogP contribution < -0.4 is 10.6 Å². The Bertz CT molecular complexity index is 881. The van der Waals surface area contributed by atoms with E-state index < -0.39 is 0 Å². The number of para-hydroxylation sites is 1. The topological polar surface area (TPSA) is 66.9 Å². The van der Waals surface area contributed by atoms with Crippen molar-refractivity contribution in [3.05, 3.63) is 82.2 Å². The molecule has 0 aliphatic heterocycles. The Kier molecular flexibility index (Phi) is 5.40. The minimum absolute atomic E-state index is 0.285. The first-order chi connectivity index (χ1) is 12.1. The third kappa shape index (κ3) is 4.64. The molecular weight excluding hydrogens is 380 g/mol. The van der Waals surface area contributed by atoms with E-state index in [2.05, 4.69) is 67.7 Å². The lowest BCUT2D eigenvalue weighted by atomic mass is 10.1. The molecule has 1 heterocycles. The zero-order chi connectivity index (χ0) is 17.6. The lowest BCUT2D eigenvalue weighted by Gasteiger charge is -2.09. The van der Waals surface area contributed by atoms with E-state index in [-0.39, 0.29) is 5.91 Å². The molecule has 0 saturated heterocycles. The highest BCUT2D eigenvalue weighted by molar-refractivity contribution is 9.10. The molecule has 0 fully saturated rings. The molecule has 25 heavy (non-hydrogen) atoms. The van der Waals surface area contributed by atoms with Crippen LogP contribution in [0, 0.1) is 6.92 Å². The summed E-state index contributed by atoms with van der Waals surface area (Å²) < 4.78 is 0.815. The Labute approximate surface area is 154 Å². The number of halogens is 1. The number of amides is 1. The Morgan fingerprint density at radius 1 is 1.08 bits per heavy atom. The van der Waals surface area contributed by atoms with Crippen LogP contribution in [0.4, 0.5) is 11.5 Å². The fourth-order valence-electron chi connectivity index (χ4n) is 2.23. The monoisotopic (exact) mass is 396 g/mol. The maximum absolute atomic E-state index is 12.4. The fraction of sp³-hybridized carbons (Fsp3) is 0.105. The van der Waals surface area contributed by atoms with Gasteiger partial charge in [0, 0.05) is 17.1 Å². The number of rotatable bonds is 5. The Morgan fingerprint density at radius 2 is 1.84 bits per heavy atom. The van der Waals surface area contributed by atoms with Gasteiger partial charge in [0.1, 0.15) is 17.8 Å². The van der Waals surface area contributed by atoms with E-state index in [1.807, 2.05) is 24.3 Å². The summed E-state index contributed by atoms with van der Waals surface area (Å²) in [5.74, 6) is 0.320. The van der Waals surface area contributed by atoms with Crippen molar-refractivity contribution in [2.45, 2.75) is 13.5 Å². The smallest absolute Gasteiger partial charge is 0.274 e. The van der Waals surface area contributed by atoms with Gasteiger partial charge in [-0.05, 0) is 40.5 Å². The molecule has 3 rings (SSSR count). The summed E-state index contributed by atoms with van der Waals surface area (Å²) in [7, 11) is 0. The number of aryl methyl sites for hydroxylation is 1. The van der Waals surface area contributed by atoms with E-state index in [0.29, 0.717) is 23.7 Å². The van der Waals surface area contributed by atoms with E-state index in [1.54, 1.807) is 6.07 Å². The van der Waals surface area contributed by atoms with Crippen molar-refractivity contribution in [1.82, 2.24) is 9.97 Å². The van der Waals surface area contributed by atoms with E-state index in [9.17, 15) is 4.79 Å². The molecule has 0 atom stereocenters. The second-order valence-corrected chi connectivity index (χ2v) is 6.42. The molecule has 5 nitrogen and oxygen atoms in total. The fourth-order valence-corrected chi connectivity index (χ4v) is 2.61. The summed E-state index contributed by atoms with van der Waals surface area (Å²) in [5.41, 5.74) is 3.36. The van der Waals surface area contributed by atoms with Crippen molar-refractivity contribution in [1.29, 1.82) is 0 Å². The van der Waals surface area contributed by atoms with Gasteiger partial charge in [-0.3, -0.25) is 4.79 Å². The third-order valence-electron chi connectivity index (χ3n) is 3.62. The number of aromatic nitrogens is 2. The van der Waals surface area contributed by atoms with Crippen molar-refractivity contribution in [2.24, 2.45) is 0 Å². The van der Waals surface area contributed by atoms with Gasteiger partial charge in [-0.2, -0.15) is 0 Å². The van der Waals surface area contributed by atoms with Gasteiger partial charge in [-0.25, -0.2) is 9.97 Å². The Balaban J connectivity index is 1.67. The van der Waals surface area contributed by atoms with Gasteiger partial charge >= 0.3 is 0 Å². The molecule has 0 saturated carbocycles. The number of carbonyl (C=O) groups is 1. The van der Waals surface area contributed by atoms with Crippen LogP contribution >= 0.6 is 15.9 Å². The maximum atomic E-state index is 12.4. The summed E-state index contributed by atoms with van der Waals surface area (Å²) in [6.45, 7) is 2.68. The zero-order valence-electron chi connectivity index (χ0n) is 13.7. The molecule has 2 aromatic carbocycles.